The molecule has 0 bridgehead atoms. The van der Waals surface area contributed by atoms with Gasteiger partial charge >= 0.3 is 0 Å². The number of thiophene rings is 1. The van der Waals surface area contributed by atoms with Crippen molar-refractivity contribution in [2.45, 2.75) is 51.6 Å². The summed E-state index contributed by atoms with van der Waals surface area (Å²) < 4.78 is 6.09. The maximum Gasteiger partial charge on any atom is 0.164 e. The molecule has 1 aliphatic heterocycles. The smallest absolute Gasteiger partial charge is 0.164 e. The Morgan fingerprint density at radius 2 is 2.21 bits per heavy atom. The van der Waals surface area contributed by atoms with Gasteiger partial charge in [-0.3, -0.25) is 4.98 Å². The second-order valence-corrected chi connectivity index (χ2v) is 8.81. The second kappa shape index (κ2) is 7.76. The van der Waals surface area contributed by atoms with E-state index in [1.54, 1.807) is 6.20 Å². The van der Waals surface area contributed by atoms with Crippen LogP contribution in [0.1, 0.15) is 43.0 Å². The molecule has 5 nitrogen and oxygen atoms in total. The molecule has 2 aliphatic rings. The van der Waals surface area contributed by atoms with Crippen molar-refractivity contribution in [3.8, 4) is 11.4 Å². The zero-order chi connectivity index (χ0) is 18.9. The van der Waals surface area contributed by atoms with E-state index in [1.807, 2.05) is 29.7 Å². The van der Waals surface area contributed by atoms with Gasteiger partial charge in [0.25, 0.3) is 0 Å². The summed E-state index contributed by atoms with van der Waals surface area (Å²) in [5.74, 6) is 1.89. The molecule has 146 valence electrons. The van der Waals surface area contributed by atoms with E-state index in [0.717, 1.165) is 67.4 Å². The highest BCUT2D eigenvalue weighted by molar-refractivity contribution is 7.19. The van der Waals surface area contributed by atoms with E-state index in [0.29, 0.717) is 6.10 Å². The minimum absolute atomic E-state index is 0.298. The fourth-order valence-corrected chi connectivity index (χ4v) is 5.64. The number of aromatic nitrogens is 3. The van der Waals surface area contributed by atoms with E-state index >= 15 is 0 Å². The number of ether oxygens (including phenoxy) is 1. The Hall–Kier alpha value is -2.05. The first kappa shape index (κ1) is 18.0. The van der Waals surface area contributed by atoms with Crippen LogP contribution in [0.3, 0.4) is 0 Å². The summed E-state index contributed by atoms with van der Waals surface area (Å²) in [6, 6.07) is 4.00. The van der Waals surface area contributed by atoms with Crippen molar-refractivity contribution in [3.05, 3.63) is 35.0 Å². The van der Waals surface area contributed by atoms with Crippen LogP contribution in [0, 0.1) is 0 Å². The molecule has 1 fully saturated rings. The number of hydrogen-bond acceptors (Lipinski definition) is 6. The van der Waals surface area contributed by atoms with E-state index in [9.17, 15) is 0 Å². The lowest BCUT2D eigenvalue weighted by Gasteiger charge is -2.34. The molecular weight excluding hydrogens is 368 g/mol. The van der Waals surface area contributed by atoms with Gasteiger partial charge in [0.1, 0.15) is 10.6 Å². The molecule has 1 unspecified atom stereocenters. The number of anilines is 1. The quantitative estimate of drug-likeness (QED) is 0.631. The molecule has 0 spiro atoms. The molecule has 4 heterocycles. The molecule has 3 aromatic rings. The highest BCUT2D eigenvalue weighted by Crippen LogP contribution is 2.42. The van der Waals surface area contributed by atoms with Gasteiger partial charge in [0.15, 0.2) is 5.82 Å². The molecule has 28 heavy (non-hydrogen) atoms. The summed E-state index contributed by atoms with van der Waals surface area (Å²) in [4.78, 5) is 19.4. The van der Waals surface area contributed by atoms with Gasteiger partial charge in [0.2, 0.25) is 0 Å². The van der Waals surface area contributed by atoms with E-state index in [1.165, 1.54) is 28.7 Å². The Kier molecular flexibility index (Phi) is 4.99. The van der Waals surface area contributed by atoms with Crippen molar-refractivity contribution in [1.29, 1.82) is 0 Å². The predicted octanol–water partition coefficient (Wildman–Crippen LogP) is 4.64. The van der Waals surface area contributed by atoms with Crippen molar-refractivity contribution < 1.29 is 4.74 Å². The lowest BCUT2D eigenvalue weighted by atomic mass is 10.1. The zero-order valence-corrected chi connectivity index (χ0v) is 17.2. The minimum Gasteiger partial charge on any atom is -0.376 e. The Bertz CT molecular complexity index is 972. The Balaban J connectivity index is 1.59. The molecule has 3 aromatic heterocycles. The summed E-state index contributed by atoms with van der Waals surface area (Å²) in [7, 11) is 0. The van der Waals surface area contributed by atoms with Gasteiger partial charge < -0.3 is 9.64 Å². The van der Waals surface area contributed by atoms with Crippen LogP contribution in [0.5, 0.6) is 0 Å². The highest BCUT2D eigenvalue weighted by Gasteiger charge is 2.28. The molecule has 0 saturated carbocycles. The van der Waals surface area contributed by atoms with Crippen LogP contribution < -0.4 is 4.90 Å². The Labute approximate surface area is 169 Å². The number of hydrogen-bond donors (Lipinski definition) is 0. The molecule has 0 amide bonds. The van der Waals surface area contributed by atoms with Crippen LogP contribution in [0.4, 0.5) is 5.82 Å². The molecular formula is C22H26N4OS. The van der Waals surface area contributed by atoms with Crippen LogP contribution in [-0.4, -0.2) is 40.8 Å². The first-order chi connectivity index (χ1) is 13.8. The SMILES string of the molecule is CCCOC1CCCN(c2nc(-c3cccnc3)nc3sc4c(c23)CCC4)C1. The predicted molar refractivity (Wildman–Crippen MR) is 114 cm³/mol. The van der Waals surface area contributed by atoms with Crippen LogP contribution in [-0.2, 0) is 17.6 Å². The van der Waals surface area contributed by atoms with E-state index < -0.39 is 0 Å². The van der Waals surface area contributed by atoms with Gasteiger partial charge in [-0.2, -0.15) is 0 Å². The van der Waals surface area contributed by atoms with E-state index in [4.69, 9.17) is 14.7 Å². The Morgan fingerprint density at radius 3 is 3.07 bits per heavy atom. The molecule has 1 atom stereocenters. The van der Waals surface area contributed by atoms with Gasteiger partial charge in [0.05, 0.1) is 11.5 Å². The van der Waals surface area contributed by atoms with Crippen LogP contribution in [0.2, 0.25) is 0 Å². The Morgan fingerprint density at radius 1 is 1.25 bits per heavy atom. The maximum atomic E-state index is 6.09. The fourth-order valence-electron chi connectivity index (χ4n) is 4.38. The molecule has 1 aliphatic carbocycles. The van der Waals surface area contributed by atoms with Crippen LogP contribution >= 0.6 is 11.3 Å². The van der Waals surface area contributed by atoms with Crippen molar-refractivity contribution >= 4 is 27.4 Å². The van der Waals surface area contributed by atoms with Crippen molar-refractivity contribution in [2.75, 3.05) is 24.6 Å². The lowest BCUT2D eigenvalue weighted by Crippen LogP contribution is -2.40. The van der Waals surface area contributed by atoms with E-state index in [2.05, 4.69) is 16.8 Å². The maximum absolute atomic E-state index is 6.09. The van der Waals surface area contributed by atoms with Gasteiger partial charge in [0, 0.05) is 42.5 Å². The zero-order valence-electron chi connectivity index (χ0n) is 16.4. The normalized spacial score (nSPS) is 19.3. The number of pyridine rings is 1. The molecule has 5 rings (SSSR count). The number of rotatable bonds is 5. The summed E-state index contributed by atoms with van der Waals surface area (Å²) in [5, 5.41) is 1.29. The minimum atomic E-state index is 0.298. The van der Waals surface area contributed by atoms with Crippen LogP contribution in [0.25, 0.3) is 21.6 Å². The first-order valence-electron chi connectivity index (χ1n) is 10.4. The number of nitrogens with zero attached hydrogens (tertiary/aromatic N) is 4. The number of piperidine rings is 1. The van der Waals surface area contributed by atoms with E-state index in [-0.39, 0.29) is 0 Å². The average Bonchev–Trinajstić information content (AvgIpc) is 3.33. The largest absolute Gasteiger partial charge is 0.376 e. The fraction of sp³-hybridized carbons (Fsp3) is 0.500. The monoisotopic (exact) mass is 394 g/mol. The van der Waals surface area contributed by atoms with Gasteiger partial charge in [-0.1, -0.05) is 6.92 Å². The van der Waals surface area contributed by atoms with Crippen molar-refractivity contribution in [3.63, 3.8) is 0 Å². The van der Waals surface area contributed by atoms with Gasteiger partial charge in [-0.15, -0.1) is 11.3 Å². The van der Waals surface area contributed by atoms with Gasteiger partial charge in [-0.25, -0.2) is 9.97 Å². The molecule has 0 radical (unpaired) electrons. The number of fused-ring (bicyclic) bond motifs is 3. The third-order valence-electron chi connectivity index (χ3n) is 5.70. The summed E-state index contributed by atoms with van der Waals surface area (Å²) in [5.41, 5.74) is 2.47. The van der Waals surface area contributed by atoms with Crippen molar-refractivity contribution in [2.24, 2.45) is 0 Å². The molecule has 6 heteroatoms. The van der Waals surface area contributed by atoms with Gasteiger partial charge in [-0.05, 0) is 56.2 Å². The number of aryl methyl sites for hydroxylation is 2. The third kappa shape index (κ3) is 3.29. The topological polar surface area (TPSA) is 51.1 Å². The summed E-state index contributed by atoms with van der Waals surface area (Å²) in [6.45, 7) is 4.97. The molecule has 0 N–H and O–H groups in total. The summed E-state index contributed by atoms with van der Waals surface area (Å²) in [6.07, 6.45) is 10.9. The van der Waals surface area contributed by atoms with Crippen LogP contribution in [0.15, 0.2) is 24.5 Å². The standard InChI is InChI=1S/C22H26N4OS/c1-2-12-27-16-7-5-11-26(14-16)21-19-17-8-3-9-18(17)28-22(19)25-20(24-21)15-6-4-10-23-13-15/h4,6,10,13,16H,2-3,5,7-9,11-12,14H2,1H3. The second-order valence-electron chi connectivity index (χ2n) is 7.73. The lowest BCUT2D eigenvalue weighted by molar-refractivity contribution is 0.0440. The first-order valence-corrected chi connectivity index (χ1v) is 11.2. The molecule has 0 aromatic carbocycles. The average molecular weight is 395 g/mol. The molecule has 1 saturated heterocycles. The highest BCUT2D eigenvalue weighted by atomic mass is 32.1. The third-order valence-corrected chi connectivity index (χ3v) is 6.89. The summed E-state index contributed by atoms with van der Waals surface area (Å²) >= 11 is 1.86. The van der Waals surface area contributed by atoms with Crippen molar-refractivity contribution in [1.82, 2.24) is 15.0 Å².